The molecular formula is C15H22O4. The second-order valence-corrected chi connectivity index (χ2v) is 7.88. The summed E-state index contributed by atoms with van der Waals surface area (Å²) < 4.78 is 19.1. The van der Waals surface area contributed by atoms with Crippen molar-refractivity contribution in [1.29, 1.82) is 0 Å². The topological polar surface area (TPSA) is 47.9 Å². The lowest BCUT2D eigenvalue weighted by molar-refractivity contribution is -0.344. The Balaban J connectivity index is 1.77. The highest BCUT2D eigenvalue weighted by Gasteiger charge is 2.88. The molecule has 4 aliphatic heterocycles. The standard InChI is InChI=1S/C15H22O4/c1-11-5-6-13(9-17-11)12(2)4-3-10-14(12,8-16)19-15(13,7-11)18-10/h10,16H,3-9H2,1-2H3/t10-,11-,12-,13+,14-,15-/m1/s1. The molecule has 2 spiro atoms. The summed E-state index contributed by atoms with van der Waals surface area (Å²) >= 11 is 0. The van der Waals surface area contributed by atoms with Crippen LogP contribution in [0, 0.1) is 10.8 Å². The molecule has 6 aliphatic rings. The molecule has 0 aromatic heterocycles. The van der Waals surface area contributed by atoms with Crippen LogP contribution >= 0.6 is 0 Å². The molecule has 4 bridgehead atoms. The van der Waals surface area contributed by atoms with Crippen LogP contribution in [0.3, 0.4) is 0 Å². The summed E-state index contributed by atoms with van der Waals surface area (Å²) in [5.41, 5.74) is -0.633. The zero-order valence-electron chi connectivity index (χ0n) is 11.7. The fourth-order valence-corrected chi connectivity index (χ4v) is 6.22. The van der Waals surface area contributed by atoms with Crippen molar-refractivity contribution in [2.75, 3.05) is 13.2 Å². The van der Waals surface area contributed by atoms with Crippen molar-refractivity contribution < 1.29 is 19.3 Å². The molecule has 106 valence electrons. The van der Waals surface area contributed by atoms with Gasteiger partial charge in [0, 0.05) is 11.8 Å². The molecule has 0 aromatic rings. The van der Waals surface area contributed by atoms with Crippen molar-refractivity contribution >= 4 is 0 Å². The van der Waals surface area contributed by atoms with Crippen molar-refractivity contribution in [3.05, 3.63) is 0 Å². The van der Waals surface area contributed by atoms with Crippen molar-refractivity contribution in [2.24, 2.45) is 10.8 Å². The Labute approximate surface area is 113 Å². The van der Waals surface area contributed by atoms with Crippen LogP contribution in [0.25, 0.3) is 0 Å². The number of fused-ring (bicyclic) bond motifs is 2. The minimum atomic E-state index is -0.489. The maximum atomic E-state index is 10.1. The highest BCUT2D eigenvalue weighted by Crippen LogP contribution is 2.80. The molecule has 6 atom stereocenters. The molecule has 0 unspecified atom stereocenters. The Kier molecular flexibility index (Phi) is 1.67. The van der Waals surface area contributed by atoms with E-state index in [-0.39, 0.29) is 29.1 Å². The Morgan fingerprint density at radius 3 is 2.74 bits per heavy atom. The second kappa shape index (κ2) is 2.76. The van der Waals surface area contributed by atoms with Gasteiger partial charge in [-0.15, -0.1) is 0 Å². The number of aliphatic hydroxyl groups excluding tert-OH is 1. The van der Waals surface area contributed by atoms with Crippen molar-refractivity contribution in [2.45, 2.75) is 69.0 Å². The first-order valence-corrected chi connectivity index (χ1v) is 7.58. The average molecular weight is 266 g/mol. The SMILES string of the molecule is C[C@]12CC[C@@]3(CO1)[C@]1(C2)O[C@@H]2CC[C@@]3(C)[C@]2(CO)O1. The van der Waals surface area contributed by atoms with E-state index in [0.29, 0.717) is 0 Å². The molecule has 4 heteroatoms. The van der Waals surface area contributed by atoms with E-state index >= 15 is 0 Å². The molecule has 2 saturated carbocycles. The van der Waals surface area contributed by atoms with Crippen LogP contribution < -0.4 is 0 Å². The number of hydrogen-bond acceptors (Lipinski definition) is 4. The zero-order valence-corrected chi connectivity index (χ0v) is 11.7. The molecule has 2 aliphatic carbocycles. The first kappa shape index (κ1) is 11.5. The first-order valence-electron chi connectivity index (χ1n) is 7.58. The highest BCUT2D eigenvalue weighted by atomic mass is 16.8. The summed E-state index contributed by atoms with van der Waals surface area (Å²) in [5, 5.41) is 10.1. The van der Waals surface area contributed by atoms with Gasteiger partial charge in [-0.1, -0.05) is 6.92 Å². The first-order chi connectivity index (χ1) is 8.95. The summed E-state index contributed by atoms with van der Waals surface area (Å²) in [4.78, 5) is 0. The quantitative estimate of drug-likeness (QED) is 0.783. The summed E-state index contributed by atoms with van der Waals surface area (Å²) in [5.74, 6) is -0.489. The maximum Gasteiger partial charge on any atom is 0.180 e. The fraction of sp³-hybridized carbons (Fsp3) is 1.00. The third-order valence-corrected chi connectivity index (χ3v) is 7.41. The van der Waals surface area contributed by atoms with Gasteiger partial charge in [0.1, 0.15) is 5.60 Å². The van der Waals surface area contributed by atoms with Gasteiger partial charge in [-0.2, -0.15) is 0 Å². The van der Waals surface area contributed by atoms with E-state index in [0.717, 1.165) is 38.7 Å². The van der Waals surface area contributed by atoms with Gasteiger partial charge >= 0.3 is 0 Å². The van der Waals surface area contributed by atoms with Crippen LogP contribution in [0.2, 0.25) is 0 Å². The van der Waals surface area contributed by atoms with E-state index in [1.54, 1.807) is 0 Å². The molecular weight excluding hydrogens is 244 g/mol. The van der Waals surface area contributed by atoms with E-state index in [1.807, 2.05) is 0 Å². The molecule has 6 fully saturated rings. The highest BCUT2D eigenvalue weighted by molar-refractivity contribution is 5.32. The number of ether oxygens (including phenoxy) is 3. The van der Waals surface area contributed by atoms with Crippen LogP contribution in [-0.2, 0) is 14.2 Å². The maximum absolute atomic E-state index is 10.1. The lowest BCUT2D eigenvalue weighted by Crippen LogP contribution is -2.70. The Morgan fingerprint density at radius 1 is 1.21 bits per heavy atom. The van der Waals surface area contributed by atoms with E-state index in [9.17, 15) is 5.11 Å². The Hall–Kier alpha value is -0.160. The summed E-state index contributed by atoms with van der Waals surface area (Å²) in [6.07, 6.45) is 5.19. The van der Waals surface area contributed by atoms with Gasteiger partial charge in [-0.3, -0.25) is 0 Å². The molecule has 4 heterocycles. The van der Waals surface area contributed by atoms with Gasteiger partial charge in [0.15, 0.2) is 5.79 Å². The predicted octanol–water partition coefficient (Wildman–Crippen LogP) is 1.60. The van der Waals surface area contributed by atoms with Crippen LogP contribution in [0.5, 0.6) is 0 Å². The molecule has 0 aromatic carbocycles. The molecule has 0 amide bonds. The molecule has 19 heavy (non-hydrogen) atoms. The third kappa shape index (κ3) is 0.844. The molecule has 6 rings (SSSR count). The smallest absolute Gasteiger partial charge is 0.180 e. The van der Waals surface area contributed by atoms with Gasteiger partial charge in [-0.05, 0) is 32.6 Å². The Bertz CT molecular complexity index is 469. The lowest BCUT2D eigenvalue weighted by Gasteiger charge is -2.63. The summed E-state index contributed by atoms with van der Waals surface area (Å²) in [6, 6.07) is 0. The predicted molar refractivity (Wildman–Crippen MR) is 66.5 cm³/mol. The van der Waals surface area contributed by atoms with Crippen LogP contribution in [0.15, 0.2) is 0 Å². The molecule has 4 saturated heterocycles. The normalized spacial score (nSPS) is 68.7. The van der Waals surface area contributed by atoms with Crippen molar-refractivity contribution in [3.63, 3.8) is 0 Å². The molecule has 1 N–H and O–H groups in total. The minimum Gasteiger partial charge on any atom is -0.393 e. The summed E-state index contributed by atoms with van der Waals surface area (Å²) in [6.45, 7) is 5.30. The van der Waals surface area contributed by atoms with Crippen molar-refractivity contribution in [1.82, 2.24) is 0 Å². The van der Waals surface area contributed by atoms with E-state index < -0.39 is 11.4 Å². The average Bonchev–Trinajstić information content (AvgIpc) is 2.86. The number of rotatable bonds is 1. The zero-order chi connectivity index (χ0) is 13.1. The Morgan fingerprint density at radius 2 is 2.05 bits per heavy atom. The summed E-state index contributed by atoms with van der Waals surface area (Å²) in [7, 11) is 0. The van der Waals surface area contributed by atoms with Crippen LogP contribution in [-0.4, -0.2) is 41.4 Å². The number of hydrogen-bond donors (Lipinski definition) is 1. The van der Waals surface area contributed by atoms with Crippen LogP contribution in [0.1, 0.15) is 46.0 Å². The van der Waals surface area contributed by atoms with Crippen molar-refractivity contribution in [3.8, 4) is 0 Å². The minimum absolute atomic E-state index is 0.000579. The monoisotopic (exact) mass is 266 g/mol. The fourth-order valence-electron chi connectivity index (χ4n) is 6.22. The number of aliphatic hydroxyl groups is 1. The van der Waals surface area contributed by atoms with Gasteiger partial charge < -0.3 is 19.3 Å². The van der Waals surface area contributed by atoms with Gasteiger partial charge in [0.05, 0.1) is 30.3 Å². The third-order valence-electron chi connectivity index (χ3n) is 7.41. The molecule has 4 nitrogen and oxygen atoms in total. The second-order valence-electron chi connectivity index (χ2n) is 7.88. The van der Waals surface area contributed by atoms with Crippen LogP contribution in [0.4, 0.5) is 0 Å². The van der Waals surface area contributed by atoms with E-state index in [1.165, 1.54) is 0 Å². The van der Waals surface area contributed by atoms with Gasteiger partial charge in [0.2, 0.25) is 0 Å². The van der Waals surface area contributed by atoms with Gasteiger partial charge in [-0.25, -0.2) is 0 Å². The van der Waals surface area contributed by atoms with Gasteiger partial charge in [0.25, 0.3) is 0 Å². The van der Waals surface area contributed by atoms with E-state index in [4.69, 9.17) is 14.2 Å². The largest absolute Gasteiger partial charge is 0.393 e. The van der Waals surface area contributed by atoms with E-state index in [2.05, 4.69) is 13.8 Å². The molecule has 0 radical (unpaired) electrons. The lowest BCUT2D eigenvalue weighted by atomic mass is 9.49.